The van der Waals surface area contributed by atoms with Crippen LogP contribution in [0.15, 0.2) is 24.3 Å². The van der Waals surface area contributed by atoms with Crippen molar-refractivity contribution in [3.8, 4) is 0 Å². The lowest BCUT2D eigenvalue weighted by Gasteiger charge is -2.16. The minimum atomic E-state index is 0.404. The van der Waals surface area contributed by atoms with Gasteiger partial charge in [0, 0.05) is 13.2 Å². The molecule has 0 heterocycles. The standard InChI is InChI=1S/C12H19NO/c1-10-6-4-5-7-11(10)8-12(13-2)9-14-3/h4-7,12-13H,8-9H2,1-3H3. The molecule has 0 aliphatic heterocycles. The maximum absolute atomic E-state index is 5.14. The summed E-state index contributed by atoms with van der Waals surface area (Å²) in [5.74, 6) is 0. The summed E-state index contributed by atoms with van der Waals surface area (Å²) >= 11 is 0. The van der Waals surface area contributed by atoms with Crippen molar-refractivity contribution in [2.45, 2.75) is 19.4 Å². The molecule has 1 aromatic rings. The third-order valence-corrected chi connectivity index (χ3v) is 2.50. The summed E-state index contributed by atoms with van der Waals surface area (Å²) in [5, 5.41) is 3.25. The Hall–Kier alpha value is -0.860. The van der Waals surface area contributed by atoms with Crippen LogP contribution in [0.4, 0.5) is 0 Å². The number of methoxy groups -OCH3 is 1. The third kappa shape index (κ3) is 3.13. The van der Waals surface area contributed by atoms with Gasteiger partial charge in [-0.1, -0.05) is 24.3 Å². The molecule has 1 rings (SSSR count). The average Bonchev–Trinajstić information content (AvgIpc) is 2.20. The van der Waals surface area contributed by atoms with E-state index in [-0.39, 0.29) is 0 Å². The Labute approximate surface area is 86.3 Å². The van der Waals surface area contributed by atoms with Gasteiger partial charge in [0.2, 0.25) is 0 Å². The summed E-state index contributed by atoms with van der Waals surface area (Å²) in [6.45, 7) is 2.90. The Bertz CT molecular complexity index is 273. The number of likely N-dealkylation sites (N-methyl/N-ethyl adjacent to an activating group) is 1. The third-order valence-electron chi connectivity index (χ3n) is 2.50. The topological polar surface area (TPSA) is 21.3 Å². The SMILES string of the molecule is CNC(COC)Cc1ccccc1C. The van der Waals surface area contributed by atoms with Gasteiger partial charge in [0.05, 0.1) is 6.61 Å². The molecule has 78 valence electrons. The first kappa shape index (κ1) is 11.2. The van der Waals surface area contributed by atoms with E-state index in [1.807, 2.05) is 7.05 Å². The van der Waals surface area contributed by atoms with Crippen LogP contribution in [0.1, 0.15) is 11.1 Å². The molecule has 0 bridgehead atoms. The van der Waals surface area contributed by atoms with E-state index < -0.39 is 0 Å². The van der Waals surface area contributed by atoms with Crippen LogP contribution in [-0.2, 0) is 11.2 Å². The zero-order chi connectivity index (χ0) is 10.4. The van der Waals surface area contributed by atoms with Gasteiger partial charge in [0.1, 0.15) is 0 Å². The fourth-order valence-corrected chi connectivity index (χ4v) is 1.55. The van der Waals surface area contributed by atoms with Crippen molar-refractivity contribution in [2.24, 2.45) is 0 Å². The van der Waals surface area contributed by atoms with Crippen molar-refractivity contribution >= 4 is 0 Å². The quantitative estimate of drug-likeness (QED) is 0.769. The number of hydrogen-bond donors (Lipinski definition) is 1. The van der Waals surface area contributed by atoms with Gasteiger partial charge < -0.3 is 10.1 Å². The fraction of sp³-hybridized carbons (Fsp3) is 0.500. The molecule has 0 aliphatic rings. The molecule has 0 spiro atoms. The molecule has 14 heavy (non-hydrogen) atoms. The molecule has 0 amide bonds. The Morgan fingerprint density at radius 1 is 1.36 bits per heavy atom. The summed E-state index contributed by atoms with van der Waals surface area (Å²) in [7, 11) is 3.71. The predicted octanol–water partition coefficient (Wildman–Crippen LogP) is 1.77. The molecular weight excluding hydrogens is 174 g/mol. The number of benzene rings is 1. The van der Waals surface area contributed by atoms with E-state index in [4.69, 9.17) is 4.74 Å². The van der Waals surface area contributed by atoms with Crippen LogP contribution in [0, 0.1) is 6.92 Å². The fourth-order valence-electron chi connectivity index (χ4n) is 1.55. The average molecular weight is 193 g/mol. The van der Waals surface area contributed by atoms with Gasteiger partial charge in [-0.05, 0) is 31.5 Å². The Morgan fingerprint density at radius 2 is 2.07 bits per heavy atom. The van der Waals surface area contributed by atoms with Crippen molar-refractivity contribution in [1.29, 1.82) is 0 Å². The molecule has 0 saturated carbocycles. The van der Waals surface area contributed by atoms with Crippen LogP contribution in [0.25, 0.3) is 0 Å². The highest BCUT2D eigenvalue weighted by Gasteiger charge is 2.07. The maximum Gasteiger partial charge on any atom is 0.0618 e. The number of rotatable bonds is 5. The largest absolute Gasteiger partial charge is 0.383 e. The number of aryl methyl sites for hydroxylation is 1. The van der Waals surface area contributed by atoms with Crippen LogP contribution in [0.2, 0.25) is 0 Å². The molecule has 0 fully saturated rings. The highest BCUT2D eigenvalue weighted by atomic mass is 16.5. The van der Waals surface area contributed by atoms with E-state index in [1.165, 1.54) is 11.1 Å². The molecule has 1 N–H and O–H groups in total. The number of ether oxygens (including phenoxy) is 1. The minimum Gasteiger partial charge on any atom is -0.383 e. The van der Waals surface area contributed by atoms with E-state index in [1.54, 1.807) is 7.11 Å². The van der Waals surface area contributed by atoms with E-state index >= 15 is 0 Å². The van der Waals surface area contributed by atoms with Gasteiger partial charge in [-0.2, -0.15) is 0 Å². The van der Waals surface area contributed by atoms with Crippen LogP contribution < -0.4 is 5.32 Å². The normalized spacial score (nSPS) is 12.8. The van der Waals surface area contributed by atoms with Crippen LogP contribution >= 0.6 is 0 Å². The minimum absolute atomic E-state index is 0.404. The smallest absolute Gasteiger partial charge is 0.0618 e. The van der Waals surface area contributed by atoms with E-state index in [0.29, 0.717) is 6.04 Å². The molecule has 1 unspecified atom stereocenters. The van der Waals surface area contributed by atoms with Crippen molar-refractivity contribution in [3.63, 3.8) is 0 Å². The predicted molar refractivity (Wildman–Crippen MR) is 59.6 cm³/mol. The monoisotopic (exact) mass is 193 g/mol. The molecule has 0 aromatic heterocycles. The van der Waals surface area contributed by atoms with Crippen LogP contribution in [0.3, 0.4) is 0 Å². The first-order valence-corrected chi connectivity index (χ1v) is 4.98. The zero-order valence-corrected chi connectivity index (χ0v) is 9.21. The summed E-state index contributed by atoms with van der Waals surface area (Å²) in [4.78, 5) is 0. The summed E-state index contributed by atoms with van der Waals surface area (Å²) in [6.07, 6.45) is 1.02. The molecule has 0 saturated heterocycles. The van der Waals surface area contributed by atoms with Crippen molar-refractivity contribution < 1.29 is 4.74 Å². The first-order valence-electron chi connectivity index (χ1n) is 4.98. The van der Waals surface area contributed by atoms with Gasteiger partial charge in [-0.3, -0.25) is 0 Å². The number of hydrogen-bond acceptors (Lipinski definition) is 2. The van der Waals surface area contributed by atoms with Crippen LogP contribution in [0.5, 0.6) is 0 Å². The molecule has 1 aromatic carbocycles. The van der Waals surface area contributed by atoms with E-state index in [2.05, 4.69) is 36.5 Å². The van der Waals surface area contributed by atoms with Gasteiger partial charge >= 0.3 is 0 Å². The molecule has 0 radical (unpaired) electrons. The molecular formula is C12H19NO. The Morgan fingerprint density at radius 3 is 2.64 bits per heavy atom. The maximum atomic E-state index is 5.14. The summed E-state index contributed by atoms with van der Waals surface area (Å²) < 4.78 is 5.14. The second kappa shape index (κ2) is 5.78. The van der Waals surface area contributed by atoms with Gasteiger partial charge in [-0.15, -0.1) is 0 Å². The first-order chi connectivity index (χ1) is 6.77. The Kier molecular flexibility index (Phi) is 4.63. The lowest BCUT2D eigenvalue weighted by molar-refractivity contribution is 0.169. The summed E-state index contributed by atoms with van der Waals surface area (Å²) in [6, 6.07) is 8.89. The zero-order valence-electron chi connectivity index (χ0n) is 9.21. The van der Waals surface area contributed by atoms with E-state index in [9.17, 15) is 0 Å². The lowest BCUT2D eigenvalue weighted by atomic mass is 10.0. The second-order valence-corrected chi connectivity index (χ2v) is 3.57. The second-order valence-electron chi connectivity index (χ2n) is 3.57. The lowest BCUT2D eigenvalue weighted by Crippen LogP contribution is -2.32. The highest BCUT2D eigenvalue weighted by molar-refractivity contribution is 5.26. The van der Waals surface area contributed by atoms with Gasteiger partial charge in [-0.25, -0.2) is 0 Å². The molecule has 0 aliphatic carbocycles. The highest BCUT2D eigenvalue weighted by Crippen LogP contribution is 2.09. The van der Waals surface area contributed by atoms with Crippen molar-refractivity contribution in [1.82, 2.24) is 5.32 Å². The van der Waals surface area contributed by atoms with Crippen LogP contribution in [-0.4, -0.2) is 26.8 Å². The number of nitrogens with one attached hydrogen (secondary N) is 1. The Balaban J connectivity index is 2.62. The molecule has 1 atom stereocenters. The van der Waals surface area contributed by atoms with E-state index in [0.717, 1.165) is 13.0 Å². The summed E-state index contributed by atoms with van der Waals surface area (Å²) in [5.41, 5.74) is 2.74. The van der Waals surface area contributed by atoms with Crippen molar-refractivity contribution in [2.75, 3.05) is 20.8 Å². The molecule has 2 heteroatoms. The van der Waals surface area contributed by atoms with Crippen molar-refractivity contribution in [3.05, 3.63) is 35.4 Å². The molecule has 2 nitrogen and oxygen atoms in total. The van der Waals surface area contributed by atoms with Gasteiger partial charge in [0.25, 0.3) is 0 Å². The van der Waals surface area contributed by atoms with Gasteiger partial charge in [0.15, 0.2) is 0 Å².